The van der Waals surface area contributed by atoms with Gasteiger partial charge in [0.1, 0.15) is 17.9 Å². The number of carboxylic acid groups (broad SMARTS) is 1. The second-order valence-corrected chi connectivity index (χ2v) is 7.41. The molecule has 1 N–H and O–H groups in total. The molecule has 6 heteroatoms. The number of aryl methyl sites for hydroxylation is 1. The molecule has 0 unspecified atom stereocenters. The number of hydrogen-bond acceptors (Lipinski definition) is 4. The first-order chi connectivity index (χ1) is 14.5. The molecule has 3 aromatic carbocycles. The monoisotopic (exact) mass is 418 g/mol. The van der Waals surface area contributed by atoms with Gasteiger partial charge >= 0.3 is 5.97 Å². The van der Waals surface area contributed by atoms with Crippen molar-refractivity contribution in [3.8, 4) is 16.9 Å². The van der Waals surface area contributed by atoms with Crippen molar-refractivity contribution in [2.24, 2.45) is 0 Å². The van der Waals surface area contributed by atoms with Crippen molar-refractivity contribution in [2.45, 2.75) is 20.0 Å². The van der Waals surface area contributed by atoms with Gasteiger partial charge in [-0.3, -0.25) is 4.79 Å². The van der Waals surface area contributed by atoms with Gasteiger partial charge in [0, 0.05) is 10.9 Å². The van der Waals surface area contributed by atoms with Gasteiger partial charge in [0.05, 0.1) is 17.1 Å². The predicted octanol–water partition coefficient (Wildman–Crippen LogP) is 5.46. The van der Waals surface area contributed by atoms with Gasteiger partial charge in [-0.25, -0.2) is 0 Å². The van der Waals surface area contributed by atoms with Crippen LogP contribution in [0.15, 0.2) is 66.7 Å². The maximum absolute atomic E-state index is 10.8. The summed E-state index contributed by atoms with van der Waals surface area (Å²) in [5.41, 5.74) is 5.17. The minimum atomic E-state index is -0.842. The van der Waals surface area contributed by atoms with Gasteiger partial charge in [-0.15, -0.1) is 5.10 Å². The third-order valence-electron chi connectivity index (χ3n) is 4.82. The van der Waals surface area contributed by atoms with Crippen molar-refractivity contribution in [1.29, 1.82) is 0 Å². The highest BCUT2D eigenvalue weighted by Gasteiger charge is 2.12. The van der Waals surface area contributed by atoms with Crippen molar-refractivity contribution in [3.05, 3.63) is 88.6 Å². The van der Waals surface area contributed by atoms with Crippen LogP contribution < -0.4 is 4.74 Å². The van der Waals surface area contributed by atoms with E-state index in [1.165, 1.54) is 0 Å². The Balaban J connectivity index is 1.58. The lowest BCUT2D eigenvalue weighted by molar-refractivity contribution is -0.136. The number of benzene rings is 3. The lowest BCUT2D eigenvalue weighted by atomic mass is 9.99. The van der Waals surface area contributed by atoms with Crippen LogP contribution in [0.4, 0.5) is 0 Å². The van der Waals surface area contributed by atoms with E-state index in [0.717, 1.165) is 39.1 Å². The van der Waals surface area contributed by atoms with Crippen molar-refractivity contribution in [2.75, 3.05) is 0 Å². The summed E-state index contributed by atoms with van der Waals surface area (Å²) in [5.74, 6) is -0.112. The highest BCUT2D eigenvalue weighted by atomic mass is 35.5. The fourth-order valence-corrected chi connectivity index (χ4v) is 3.60. The van der Waals surface area contributed by atoms with Gasteiger partial charge in [0.15, 0.2) is 0 Å². The first kappa shape index (κ1) is 19.9. The number of hydrogen-bond donors (Lipinski definition) is 1. The molecule has 0 amide bonds. The molecule has 0 bridgehead atoms. The fraction of sp³-hybridized carbons (Fsp3) is 0.125. The Hall–Kier alpha value is -3.44. The third kappa shape index (κ3) is 4.26. The molecule has 30 heavy (non-hydrogen) atoms. The van der Waals surface area contributed by atoms with E-state index in [-0.39, 0.29) is 6.42 Å². The molecule has 0 aliphatic rings. The second kappa shape index (κ2) is 8.51. The molecule has 0 fully saturated rings. The van der Waals surface area contributed by atoms with Crippen molar-refractivity contribution < 1.29 is 14.6 Å². The number of aromatic nitrogens is 2. The van der Waals surface area contributed by atoms with Gasteiger partial charge < -0.3 is 9.84 Å². The Morgan fingerprint density at radius 1 is 1.00 bits per heavy atom. The summed E-state index contributed by atoms with van der Waals surface area (Å²) in [7, 11) is 0. The Morgan fingerprint density at radius 3 is 2.50 bits per heavy atom. The smallest absolute Gasteiger partial charge is 0.307 e. The largest absolute Gasteiger partial charge is 0.489 e. The number of carboxylic acids is 1. The van der Waals surface area contributed by atoms with Crippen molar-refractivity contribution >= 4 is 28.5 Å². The number of ether oxygens (including phenoxy) is 1. The summed E-state index contributed by atoms with van der Waals surface area (Å²) in [6, 6.07) is 20.9. The molecule has 0 aliphatic carbocycles. The average Bonchev–Trinajstić information content (AvgIpc) is 2.73. The molecule has 0 aliphatic heterocycles. The molecule has 0 saturated heterocycles. The van der Waals surface area contributed by atoms with E-state index >= 15 is 0 Å². The molecule has 0 atom stereocenters. The lowest BCUT2D eigenvalue weighted by Crippen LogP contribution is -2.01. The molecular formula is C24H19ClN2O3. The molecule has 5 nitrogen and oxygen atoms in total. The van der Waals surface area contributed by atoms with Crippen LogP contribution in [0.3, 0.4) is 0 Å². The third-order valence-corrected chi connectivity index (χ3v) is 5.13. The fourth-order valence-electron chi connectivity index (χ4n) is 3.39. The molecule has 4 rings (SSSR count). The SMILES string of the molecule is Cc1nnc2c(Cl)cccc2c1-c1cccc(OCc2ccc(CC(=O)O)cc2)c1. The molecule has 1 aromatic heterocycles. The first-order valence-corrected chi connectivity index (χ1v) is 9.83. The normalized spacial score (nSPS) is 10.9. The standard InChI is InChI=1S/C24H19ClN2O3/c1-15-23(20-6-3-7-21(25)24(20)27-26-15)18-4-2-5-19(13-18)30-14-17-10-8-16(9-11-17)12-22(28)29/h2-11,13H,12,14H2,1H3,(H,28,29). The molecule has 0 saturated carbocycles. The van der Waals surface area contributed by atoms with Gasteiger partial charge in [-0.1, -0.05) is 60.1 Å². The van der Waals surface area contributed by atoms with E-state index in [1.807, 2.05) is 67.6 Å². The predicted molar refractivity (Wildman–Crippen MR) is 117 cm³/mol. The van der Waals surface area contributed by atoms with Crippen LogP contribution in [-0.2, 0) is 17.8 Å². The molecule has 150 valence electrons. The Bertz CT molecular complexity index is 1220. The van der Waals surface area contributed by atoms with Gasteiger partial charge in [0.25, 0.3) is 0 Å². The Labute approximate surface area is 178 Å². The summed E-state index contributed by atoms with van der Waals surface area (Å²) in [6.45, 7) is 2.31. The maximum Gasteiger partial charge on any atom is 0.307 e. The quantitative estimate of drug-likeness (QED) is 0.449. The van der Waals surface area contributed by atoms with Gasteiger partial charge in [0.2, 0.25) is 0 Å². The van der Waals surface area contributed by atoms with E-state index in [2.05, 4.69) is 10.2 Å². The minimum absolute atomic E-state index is 0.0144. The number of fused-ring (bicyclic) bond motifs is 1. The van der Waals surface area contributed by atoms with Gasteiger partial charge in [-0.05, 0) is 41.8 Å². The zero-order chi connectivity index (χ0) is 21.1. The number of nitrogens with zero attached hydrogens (tertiary/aromatic N) is 2. The van der Waals surface area contributed by atoms with Crippen LogP contribution in [-0.4, -0.2) is 21.3 Å². The van der Waals surface area contributed by atoms with Crippen LogP contribution in [0.5, 0.6) is 5.75 Å². The second-order valence-electron chi connectivity index (χ2n) is 7.00. The topological polar surface area (TPSA) is 72.3 Å². The van der Waals surface area contributed by atoms with E-state index in [9.17, 15) is 4.79 Å². The van der Waals surface area contributed by atoms with Crippen LogP contribution in [0.2, 0.25) is 5.02 Å². The zero-order valence-electron chi connectivity index (χ0n) is 16.3. The van der Waals surface area contributed by atoms with Crippen molar-refractivity contribution in [3.63, 3.8) is 0 Å². The summed E-state index contributed by atoms with van der Waals surface area (Å²) in [5, 5.41) is 18.9. The number of aliphatic carboxylic acids is 1. The van der Waals surface area contributed by atoms with Crippen LogP contribution in [0.1, 0.15) is 16.8 Å². The summed E-state index contributed by atoms with van der Waals surface area (Å²) >= 11 is 6.30. The van der Waals surface area contributed by atoms with Crippen LogP contribution >= 0.6 is 11.6 Å². The molecule has 0 radical (unpaired) electrons. The maximum atomic E-state index is 10.8. The summed E-state index contributed by atoms with van der Waals surface area (Å²) < 4.78 is 5.97. The van der Waals surface area contributed by atoms with E-state index in [0.29, 0.717) is 17.1 Å². The first-order valence-electron chi connectivity index (χ1n) is 9.45. The summed E-state index contributed by atoms with van der Waals surface area (Å²) in [4.78, 5) is 10.8. The van der Waals surface area contributed by atoms with Gasteiger partial charge in [-0.2, -0.15) is 5.10 Å². The molecule has 1 heterocycles. The Kier molecular flexibility index (Phi) is 5.63. The van der Waals surface area contributed by atoms with Crippen LogP contribution in [0, 0.1) is 6.92 Å². The van der Waals surface area contributed by atoms with Crippen molar-refractivity contribution in [1.82, 2.24) is 10.2 Å². The molecular weight excluding hydrogens is 400 g/mol. The highest BCUT2D eigenvalue weighted by molar-refractivity contribution is 6.35. The highest BCUT2D eigenvalue weighted by Crippen LogP contribution is 2.34. The number of rotatable bonds is 6. The molecule has 4 aromatic rings. The lowest BCUT2D eigenvalue weighted by Gasteiger charge is -2.12. The minimum Gasteiger partial charge on any atom is -0.489 e. The number of carbonyl (C=O) groups is 1. The summed E-state index contributed by atoms with van der Waals surface area (Å²) in [6.07, 6.45) is 0.0144. The van der Waals surface area contributed by atoms with E-state index in [4.69, 9.17) is 21.4 Å². The van der Waals surface area contributed by atoms with E-state index in [1.54, 1.807) is 6.07 Å². The van der Waals surface area contributed by atoms with Crippen LogP contribution in [0.25, 0.3) is 22.0 Å². The molecule has 0 spiro atoms. The van der Waals surface area contributed by atoms with E-state index < -0.39 is 5.97 Å². The number of halogens is 1. The average molecular weight is 419 g/mol. The zero-order valence-corrected chi connectivity index (χ0v) is 17.1. The Morgan fingerprint density at radius 2 is 1.73 bits per heavy atom.